The average Bonchev–Trinajstić information content (AvgIpc) is 3.11. The topological polar surface area (TPSA) is 32.3 Å². The van der Waals surface area contributed by atoms with Gasteiger partial charge in [0, 0.05) is 6.42 Å². The second-order valence-electron chi connectivity index (χ2n) is 6.12. The van der Waals surface area contributed by atoms with Crippen molar-refractivity contribution < 1.29 is 5.11 Å². The molecule has 2 aliphatic rings. The van der Waals surface area contributed by atoms with Gasteiger partial charge in [0.15, 0.2) is 0 Å². The zero-order chi connectivity index (χ0) is 12.4. The smallest absolute Gasteiger partial charge is 0.0690 e. The Morgan fingerprint density at radius 1 is 1.06 bits per heavy atom. The Kier molecular flexibility index (Phi) is 3.40. The molecule has 1 saturated carbocycles. The summed E-state index contributed by atoms with van der Waals surface area (Å²) in [7, 11) is 0. The molecule has 1 aliphatic carbocycles. The number of nitrogens with one attached hydrogen (secondary N) is 1. The van der Waals surface area contributed by atoms with Crippen LogP contribution in [0.3, 0.4) is 0 Å². The van der Waals surface area contributed by atoms with Crippen LogP contribution in [0.1, 0.15) is 36.8 Å². The molecule has 0 radical (unpaired) electrons. The summed E-state index contributed by atoms with van der Waals surface area (Å²) in [5.41, 5.74) is 2.37. The van der Waals surface area contributed by atoms with Crippen LogP contribution in [0.15, 0.2) is 24.3 Å². The Bertz CT molecular complexity index is 388. The zero-order valence-corrected chi connectivity index (χ0v) is 11.0. The molecule has 2 heteroatoms. The molecule has 1 aromatic carbocycles. The number of hydrogen-bond donors (Lipinski definition) is 2. The van der Waals surface area contributed by atoms with Gasteiger partial charge >= 0.3 is 0 Å². The van der Waals surface area contributed by atoms with Gasteiger partial charge in [0.2, 0.25) is 0 Å². The fourth-order valence-corrected chi connectivity index (χ4v) is 2.91. The summed E-state index contributed by atoms with van der Waals surface area (Å²) in [6, 6.07) is 8.91. The summed E-state index contributed by atoms with van der Waals surface area (Å²) in [5.74, 6) is 0.852. The van der Waals surface area contributed by atoms with Crippen LogP contribution in [0.5, 0.6) is 0 Å². The minimum atomic E-state index is -0.365. The molecule has 98 valence electrons. The molecule has 1 aliphatic heterocycles. The van der Waals surface area contributed by atoms with Crippen LogP contribution in [-0.2, 0) is 12.8 Å². The van der Waals surface area contributed by atoms with Crippen LogP contribution in [0.4, 0.5) is 0 Å². The highest BCUT2D eigenvalue weighted by Crippen LogP contribution is 2.38. The third-order valence-corrected chi connectivity index (χ3v) is 4.37. The first kappa shape index (κ1) is 12.2. The molecular weight excluding hydrogens is 222 g/mol. The van der Waals surface area contributed by atoms with Gasteiger partial charge in [0.05, 0.1) is 5.60 Å². The maximum absolute atomic E-state index is 9.91. The molecular formula is C16H23NO. The summed E-state index contributed by atoms with van der Waals surface area (Å²) >= 11 is 0. The van der Waals surface area contributed by atoms with E-state index < -0.39 is 0 Å². The molecule has 1 saturated heterocycles. The van der Waals surface area contributed by atoms with Gasteiger partial charge in [0.1, 0.15) is 0 Å². The third kappa shape index (κ3) is 3.12. The van der Waals surface area contributed by atoms with E-state index in [0.717, 1.165) is 25.2 Å². The summed E-state index contributed by atoms with van der Waals surface area (Å²) in [5, 5.41) is 13.3. The van der Waals surface area contributed by atoms with Crippen LogP contribution in [-0.4, -0.2) is 23.8 Å². The van der Waals surface area contributed by atoms with Gasteiger partial charge in [-0.3, -0.25) is 0 Å². The van der Waals surface area contributed by atoms with Crippen LogP contribution in [0.2, 0.25) is 0 Å². The molecule has 0 amide bonds. The molecule has 0 atom stereocenters. The minimum absolute atomic E-state index is 0.365. The fraction of sp³-hybridized carbons (Fsp3) is 0.625. The van der Waals surface area contributed by atoms with Crippen molar-refractivity contribution in [3.63, 3.8) is 0 Å². The van der Waals surface area contributed by atoms with E-state index >= 15 is 0 Å². The van der Waals surface area contributed by atoms with Gasteiger partial charge in [0.25, 0.3) is 0 Å². The van der Waals surface area contributed by atoms with Gasteiger partial charge in [-0.05, 0) is 62.2 Å². The van der Waals surface area contributed by atoms with Crippen LogP contribution >= 0.6 is 0 Å². The molecule has 0 aromatic heterocycles. The van der Waals surface area contributed by atoms with Gasteiger partial charge < -0.3 is 10.4 Å². The summed E-state index contributed by atoms with van der Waals surface area (Å²) in [4.78, 5) is 0. The maximum Gasteiger partial charge on any atom is 0.0690 e. The summed E-state index contributed by atoms with van der Waals surface area (Å²) in [6.45, 7) is 2.35. The Labute approximate surface area is 109 Å². The quantitative estimate of drug-likeness (QED) is 0.853. The SMILES string of the molecule is OC1(Cc2ccc(CC3CCNCC3)cc2)CC1. The molecule has 18 heavy (non-hydrogen) atoms. The zero-order valence-electron chi connectivity index (χ0n) is 11.0. The monoisotopic (exact) mass is 245 g/mol. The summed E-state index contributed by atoms with van der Waals surface area (Å²) in [6.07, 6.45) is 6.61. The second kappa shape index (κ2) is 5.02. The normalized spacial score (nSPS) is 22.9. The standard InChI is InChI=1S/C16H23NO/c18-16(7-8-16)12-15-3-1-13(2-4-15)11-14-5-9-17-10-6-14/h1-4,14,17-18H,5-12H2. The highest BCUT2D eigenvalue weighted by atomic mass is 16.3. The minimum Gasteiger partial charge on any atom is -0.390 e. The van der Waals surface area contributed by atoms with E-state index in [1.165, 1.54) is 43.5 Å². The molecule has 1 heterocycles. The number of aliphatic hydroxyl groups is 1. The highest BCUT2D eigenvalue weighted by Gasteiger charge is 2.39. The molecule has 1 aromatic rings. The lowest BCUT2D eigenvalue weighted by molar-refractivity contribution is 0.151. The number of piperidine rings is 1. The highest BCUT2D eigenvalue weighted by molar-refractivity contribution is 5.25. The van der Waals surface area contributed by atoms with Gasteiger partial charge in [-0.15, -0.1) is 0 Å². The largest absolute Gasteiger partial charge is 0.390 e. The fourth-order valence-electron chi connectivity index (χ4n) is 2.91. The van der Waals surface area contributed by atoms with Gasteiger partial charge in [-0.25, -0.2) is 0 Å². The van der Waals surface area contributed by atoms with Crippen molar-refractivity contribution in [2.75, 3.05) is 13.1 Å². The summed E-state index contributed by atoms with van der Waals surface area (Å²) < 4.78 is 0. The van der Waals surface area contributed by atoms with E-state index in [9.17, 15) is 5.11 Å². The Balaban J connectivity index is 1.56. The van der Waals surface area contributed by atoms with E-state index in [-0.39, 0.29) is 5.60 Å². The first-order valence-electron chi connectivity index (χ1n) is 7.24. The first-order chi connectivity index (χ1) is 8.73. The van der Waals surface area contributed by atoms with Crippen molar-refractivity contribution in [2.24, 2.45) is 5.92 Å². The van der Waals surface area contributed by atoms with Crippen LogP contribution < -0.4 is 5.32 Å². The van der Waals surface area contributed by atoms with Crippen molar-refractivity contribution in [2.45, 2.75) is 44.1 Å². The molecule has 0 spiro atoms. The number of benzene rings is 1. The molecule has 0 unspecified atom stereocenters. The predicted octanol–water partition coefficient (Wildman–Crippen LogP) is 2.30. The maximum atomic E-state index is 9.91. The van der Waals surface area contributed by atoms with E-state index in [1.807, 2.05) is 0 Å². The third-order valence-electron chi connectivity index (χ3n) is 4.37. The lowest BCUT2D eigenvalue weighted by atomic mass is 9.90. The van der Waals surface area contributed by atoms with E-state index in [2.05, 4.69) is 29.6 Å². The lowest BCUT2D eigenvalue weighted by Crippen LogP contribution is -2.28. The Morgan fingerprint density at radius 2 is 1.67 bits per heavy atom. The van der Waals surface area contributed by atoms with Crippen molar-refractivity contribution >= 4 is 0 Å². The second-order valence-corrected chi connectivity index (χ2v) is 6.12. The molecule has 0 bridgehead atoms. The van der Waals surface area contributed by atoms with Crippen LogP contribution in [0, 0.1) is 5.92 Å². The molecule has 2 nitrogen and oxygen atoms in total. The Morgan fingerprint density at radius 3 is 2.28 bits per heavy atom. The van der Waals surface area contributed by atoms with Crippen molar-refractivity contribution in [3.8, 4) is 0 Å². The van der Waals surface area contributed by atoms with Gasteiger partial charge in [-0.1, -0.05) is 24.3 Å². The average molecular weight is 245 g/mol. The van der Waals surface area contributed by atoms with Gasteiger partial charge in [-0.2, -0.15) is 0 Å². The lowest BCUT2D eigenvalue weighted by Gasteiger charge is -2.22. The van der Waals surface area contributed by atoms with Crippen molar-refractivity contribution in [1.29, 1.82) is 0 Å². The Hall–Kier alpha value is -0.860. The molecule has 2 fully saturated rings. The number of rotatable bonds is 4. The number of hydrogen-bond acceptors (Lipinski definition) is 2. The van der Waals surface area contributed by atoms with Crippen molar-refractivity contribution in [3.05, 3.63) is 35.4 Å². The molecule has 2 N–H and O–H groups in total. The van der Waals surface area contributed by atoms with E-state index in [1.54, 1.807) is 0 Å². The first-order valence-corrected chi connectivity index (χ1v) is 7.24. The predicted molar refractivity (Wildman–Crippen MR) is 73.6 cm³/mol. The van der Waals surface area contributed by atoms with E-state index in [0.29, 0.717) is 0 Å². The van der Waals surface area contributed by atoms with E-state index in [4.69, 9.17) is 0 Å². The van der Waals surface area contributed by atoms with Crippen LogP contribution in [0.25, 0.3) is 0 Å². The molecule has 3 rings (SSSR count). The van der Waals surface area contributed by atoms with Crippen molar-refractivity contribution in [1.82, 2.24) is 5.32 Å².